The first kappa shape index (κ1) is 17.9. The number of halogens is 1. The van der Waals surface area contributed by atoms with Crippen LogP contribution in [0.2, 0.25) is 5.02 Å². The molecule has 2 heterocycles. The highest BCUT2D eigenvalue weighted by molar-refractivity contribution is 6.33. The summed E-state index contributed by atoms with van der Waals surface area (Å²) in [5, 5.41) is 7.57. The summed E-state index contributed by atoms with van der Waals surface area (Å²) in [6, 6.07) is 7.46. The maximum absolute atomic E-state index is 12.2. The highest BCUT2D eigenvalue weighted by atomic mass is 35.5. The second-order valence-corrected chi connectivity index (χ2v) is 7.26. The largest absolute Gasteiger partial charge is 0.375 e. The fourth-order valence-corrected chi connectivity index (χ4v) is 3.20. The third-order valence-corrected chi connectivity index (χ3v) is 4.54. The van der Waals surface area contributed by atoms with Crippen molar-refractivity contribution in [3.63, 3.8) is 0 Å². The van der Waals surface area contributed by atoms with E-state index >= 15 is 0 Å². The predicted octanol–water partition coefficient (Wildman–Crippen LogP) is 3.40. The number of nitrogens with zero attached hydrogens (tertiary/aromatic N) is 2. The van der Waals surface area contributed by atoms with Crippen molar-refractivity contribution in [1.82, 2.24) is 15.5 Å². The standard InChI is InChI=1S/C18H22ClN3O3/c1-18(2)11-12(9-10-24-18)20-15(23)7-8-16-21-17(22-25-16)13-5-3-4-6-14(13)19/h3-6,12H,7-11H2,1-2H3,(H,20,23). The van der Waals surface area contributed by atoms with Crippen molar-refractivity contribution in [2.75, 3.05) is 6.61 Å². The molecule has 25 heavy (non-hydrogen) atoms. The van der Waals surface area contributed by atoms with Gasteiger partial charge in [0.25, 0.3) is 0 Å². The van der Waals surface area contributed by atoms with Gasteiger partial charge in [-0.15, -0.1) is 0 Å². The van der Waals surface area contributed by atoms with Gasteiger partial charge < -0.3 is 14.6 Å². The monoisotopic (exact) mass is 363 g/mol. The topological polar surface area (TPSA) is 77.3 Å². The van der Waals surface area contributed by atoms with Crippen LogP contribution in [0.5, 0.6) is 0 Å². The van der Waals surface area contributed by atoms with Crippen molar-refractivity contribution < 1.29 is 14.1 Å². The molecule has 1 fully saturated rings. The lowest BCUT2D eigenvalue weighted by molar-refractivity contribution is -0.124. The van der Waals surface area contributed by atoms with E-state index in [1.807, 2.05) is 32.0 Å². The molecule has 1 atom stereocenters. The first-order chi connectivity index (χ1) is 11.9. The van der Waals surface area contributed by atoms with Gasteiger partial charge >= 0.3 is 0 Å². The number of ether oxygens (including phenoxy) is 1. The lowest BCUT2D eigenvalue weighted by atomic mass is 9.94. The fraction of sp³-hybridized carbons (Fsp3) is 0.500. The minimum Gasteiger partial charge on any atom is -0.375 e. The average Bonchev–Trinajstić information content (AvgIpc) is 3.01. The predicted molar refractivity (Wildman–Crippen MR) is 94.3 cm³/mol. The summed E-state index contributed by atoms with van der Waals surface area (Å²) >= 11 is 6.13. The molecule has 1 aliphatic heterocycles. The van der Waals surface area contributed by atoms with Gasteiger partial charge in [0.15, 0.2) is 0 Å². The maximum atomic E-state index is 12.2. The molecule has 0 spiro atoms. The van der Waals surface area contributed by atoms with Gasteiger partial charge in [0.05, 0.1) is 10.6 Å². The van der Waals surface area contributed by atoms with Crippen LogP contribution in [0.3, 0.4) is 0 Å². The highest BCUT2D eigenvalue weighted by Gasteiger charge is 2.29. The Morgan fingerprint density at radius 2 is 2.20 bits per heavy atom. The molecular weight excluding hydrogens is 342 g/mol. The number of carbonyl (C=O) groups is 1. The number of rotatable bonds is 5. The Bertz CT molecular complexity index is 745. The van der Waals surface area contributed by atoms with Gasteiger partial charge in [-0.2, -0.15) is 4.98 Å². The molecule has 7 heteroatoms. The zero-order valence-corrected chi connectivity index (χ0v) is 15.2. The maximum Gasteiger partial charge on any atom is 0.227 e. The molecule has 1 saturated heterocycles. The Morgan fingerprint density at radius 3 is 2.96 bits per heavy atom. The molecule has 3 rings (SSSR count). The minimum absolute atomic E-state index is 0.0137. The van der Waals surface area contributed by atoms with E-state index in [9.17, 15) is 4.79 Å². The van der Waals surface area contributed by atoms with Crippen LogP contribution in [0.1, 0.15) is 39.0 Å². The van der Waals surface area contributed by atoms with Gasteiger partial charge in [0.1, 0.15) is 0 Å². The van der Waals surface area contributed by atoms with Crippen LogP contribution in [0.4, 0.5) is 0 Å². The van der Waals surface area contributed by atoms with Crippen molar-refractivity contribution >= 4 is 17.5 Å². The summed E-state index contributed by atoms with van der Waals surface area (Å²) in [4.78, 5) is 16.5. The zero-order chi connectivity index (χ0) is 17.9. The fourth-order valence-electron chi connectivity index (χ4n) is 2.98. The van der Waals surface area contributed by atoms with E-state index in [-0.39, 0.29) is 17.6 Å². The van der Waals surface area contributed by atoms with Crippen LogP contribution in [0.15, 0.2) is 28.8 Å². The van der Waals surface area contributed by atoms with Gasteiger partial charge in [-0.1, -0.05) is 28.9 Å². The second kappa shape index (κ2) is 7.54. The van der Waals surface area contributed by atoms with Gasteiger partial charge in [0.2, 0.25) is 17.6 Å². The zero-order valence-electron chi connectivity index (χ0n) is 14.4. The summed E-state index contributed by atoms with van der Waals surface area (Å²) in [6.45, 7) is 4.75. The number of carbonyl (C=O) groups excluding carboxylic acids is 1. The van der Waals surface area contributed by atoms with Gasteiger partial charge in [-0.3, -0.25) is 4.79 Å². The number of hydrogen-bond donors (Lipinski definition) is 1. The molecule has 6 nitrogen and oxygen atoms in total. The summed E-state index contributed by atoms with van der Waals surface area (Å²) in [6.07, 6.45) is 2.36. The van der Waals surface area contributed by atoms with E-state index in [4.69, 9.17) is 20.9 Å². The van der Waals surface area contributed by atoms with Crippen molar-refractivity contribution in [2.24, 2.45) is 0 Å². The van der Waals surface area contributed by atoms with E-state index in [0.717, 1.165) is 12.8 Å². The Hall–Kier alpha value is -1.92. The number of aryl methyl sites for hydroxylation is 1. The van der Waals surface area contributed by atoms with Crippen LogP contribution >= 0.6 is 11.6 Å². The summed E-state index contributed by atoms with van der Waals surface area (Å²) in [5.41, 5.74) is 0.528. The molecule has 1 aromatic carbocycles. The summed E-state index contributed by atoms with van der Waals surface area (Å²) in [7, 11) is 0. The third-order valence-electron chi connectivity index (χ3n) is 4.21. The number of amides is 1. The van der Waals surface area contributed by atoms with E-state index in [1.165, 1.54) is 0 Å². The molecule has 2 aromatic rings. The third kappa shape index (κ3) is 4.80. The van der Waals surface area contributed by atoms with Gasteiger partial charge in [0, 0.05) is 31.1 Å². The Kier molecular flexibility index (Phi) is 5.39. The molecule has 134 valence electrons. The molecule has 1 amide bonds. The molecule has 0 bridgehead atoms. The number of aromatic nitrogens is 2. The van der Waals surface area contributed by atoms with E-state index in [1.54, 1.807) is 6.07 Å². The van der Waals surface area contributed by atoms with Crippen LogP contribution < -0.4 is 5.32 Å². The molecule has 0 radical (unpaired) electrons. The molecule has 1 unspecified atom stereocenters. The van der Waals surface area contributed by atoms with Crippen molar-refractivity contribution in [2.45, 2.75) is 51.2 Å². The summed E-state index contributed by atoms with van der Waals surface area (Å²) in [5.74, 6) is 0.852. The Balaban J connectivity index is 1.52. The number of hydrogen-bond acceptors (Lipinski definition) is 5. The second-order valence-electron chi connectivity index (χ2n) is 6.86. The lowest BCUT2D eigenvalue weighted by Gasteiger charge is -2.35. The SMILES string of the molecule is CC1(C)CC(NC(=O)CCc2nc(-c3ccccc3Cl)no2)CCO1. The number of nitrogens with one attached hydrogen (secondary N) is 1. The first-order valence-corrected chi connectivity index (χ1v) is 8.81. The minimum atomic E-state index is -0.188. The van der Waals surface area contributed by atoms with E-state index in [2.05, 4.69) is 15.5 Å². The quantitative estimate of drug-likeness (QED) is 0.880. The lowest BCUT2D eigenvalue weighted by Crippen LogP contribution is -2.45. The highest BCUT2D eigenvalue weighted by Crippen LogP contribution is 2.25. The number of benzene rings is 1. The average molecular weight is 364 g/mol. The van der Waals surface area contributed by atoms with Crippen LogP contribution in [-0.2, 0) is 16.0 Å². The Labute approximate surface area is 151 Å². The normalized spacial score (nSPS) is 19.6. The van der Waals surface area contributed by atoms with Crippen molar-refractivity contribution in [3.05, 3.63) is 35.2 Å². The molecule has 1 N–H and O–H groups in total. The van der Waals surface area contributed by atoms with Crippen molar-refractivity contribution in [3.8, 4) is 11.4 Å². The Morgan fingerprint density at radius 1 is 1.40 bits per heavy atom. The van der Waals surface area contributed by atoms with Gasteiger partial charge in [-0.25, -0.2) is 0 Å². The van der Waals surface area contributed by atoms with E-state index in [0.29, 0.717) is 41.7 Å². The summed E-state index contributed by atoms with van der Waals surface area (Å²) < 4.78 is 10.9. The molecule has 1 aromatic heterocycles. The molecular formula is C18H22ClN3O3. The smallest absolute Gasteiger partial charge is 0.227 e. The van der Waals surface area contributed by atoms with Gasteiger partial charge in [-0.05, 0) is 38.8 Å². The molecule has 1 aliphatic rings. The first-order valence-electron chi connectivity index (χ1n) is 8.44. The molecule has 0 aliphatic carbocycles. The van der Waals surface area contributed by atoms with Crippen LogP contribution in [-0.4, -0.2) is 34.3 Å². The molecule has 0 saturated carbocycles. The van der Waals surface area contributed by atoms with Crippen LogP contribution in [0.25, 0.3) is 11.4 Å². The van der Waals surface area contributed by atoms with Crippen LogP contribution in [0, 0.1) is 0 Å². The van der Waals surface area contributed by atoms with Crippen molar-refractivity contribution in [1.29, 1.82) is 0 Å². The van der Waals surface area contributed by atoms with E-state index < -0.39 is 0 Å².